The summed E-state index contributed by atoms with van der Waals surface area (Å²) in [5.74, 6) is 0.561. The number of nitrogens with one attached hydrogen (secondary N) is 1. The summed E-state index contributed by atoms with van der Waals surface area (Å²) in [5.41, 5.74) is 6.27. The number of ether oxygens (including phenoxy) is 1. The lowest BCUT2D eigenvalue weighted by molar-refractivity contribution is 0.398. The van der Waals surface area contributed by atoms with Gasteiger partial charge in [-0.2, -0.15) is 5.26 Å². The first-order valence-corrected chi connectivity index (χ1v) is 12.5. The van der Waals surface area contributed by atoms with Crippen LogP contribution in [0.3, 0.4) is 0 Å². The first kappa shape index (κ1) is 25.9. The molecule has 188 valence electrons. The molecule has 0 amide bonds. The second-order valence-electron chi connectivity index (χ2n) is 8.79. The number of aromatic nitrogens is 3. The summed E-state index contributed by atoms with van der Waals surface area (Å²) in [6, 6.07) is 21.9. The number of benzene rings is 2. The minimum Gasteiger partial charge on any atom is -0.481 e. The lowest BCUT2D eigenvalue weighted by Gasteiger charge is -2.27. The highest BCUT2D eigenvalue weighted by Crippen LogP contribution is 2.16. The van der Waals surface area contributed by atoms with E-state index in [-0.39, 0.29) is 0 Å². The van der Waals surface area contributed by atoms with Crippen LogP contribution in [0.5, 0.6) is 5.88 Å². The van der Waals surface area contributed by atoms with E-state index in [9.17, 15) is 0 Å². The summed E-state index contributed by atoms with van der Waals surface area (Å²) < 4.78 is 7.32. The molecule has 0 atom stereocenters. The van der Waals surface area contributed by atoms with Crippen molar-refractivity contribution < 1.29 is 4.74 Å². The summed E-state index contributed by atoms with van der Waals surface area (Å²) in [5, 5.41) is 13.0. The largest absolute Gasteiger partial charge is 0.481 e. The zero-order chi connectivity index (χ0) is 26.0. The number of pyridine rings is 1. The van der Waals surface area contributed by atoms with Crippen molar-refractivity contribution in [1.82, 2.24) is 19.4 Å². The van der Waals surface area contributed by atoms with E-state index in [2.05, 4.69) is 62.0 Å². The van der Waals surface area contributed by atoms with Crippen LogP contribution < -0.4 is 10.1 Å². The molecule has 1 N–H and O–H groups in total. The number of imidazole rings is 1. The van der Waals surface area contributed by atoms with E-state index in [1.165, 1.54) is 16.8 Å². The molecule has 0 aliphatic heterocycles. The molecule has 4 rings (SSSR count). The van der Waals surface area contributed by atoms with E-state index in [1.807, 2.05) is 48.9 Å². The molecule has 0 radical (unpaired) electrons. The van der Waals surface area contributed by atoms with Crippen LogP contribution in [0.2, 0.25) is 0 Å². The zero-order valence-electron chi connectivity index (χ0n) is 21.1. The lowest BCUT2D eigenvalue weighted by atomic mass is 10.1. The van der Waals surface area contributed by atoms with Gasteiger partial charge in [-0.15, -0.1) is 0 Å². The van der Waals surface area contributed by atoms with E-state index in [0.717, 1.165) is 37.2 Å². The number of rotatable bonds is 10. The van der Waals surface area contributed by atoms with Crippen molar-refractivity contribution in [2.24, 2.45) is 0 Å². The molecule has 0 saturated heterocycles. The first-order valence-electron chi connectivity index (χ1n) is 12.1. The first-order chi connectivity index (χ1) is 18.1. The molecule has 0 unspecified atom stereocenters. The minimum atomic E-state index is 0.561. The summed E-state index contributed by atoms with van der Waals surface area (Å²) in [6.07, 6.45) is 7.29. The van der Waals surface area contributed by atoms with E-state index in [4.69, 9.17) is 22.2 Å². The Kier molecular flexibility index (Phi) is 8.84. The number of nitriles is 1. The lowest BCUT2D eigenvalue weighted by Crippen LogP contribution is -2.35. The predicted octanol–water partition coefficient (Wildman–Crippen LogP) is 5.35. The summed E-state index contributed by atoms with van der Waals surface area (Å²) in [6.45, 7) is 4.34. The average molecular weight is 511 g/mol. The molecule has 0 spiro atoms. The standard InChI is InChI=1S/C29H30N6OS/c1-22-6-3-4-7-25(22)20-34(29(37)33-26-13-14-28(36-2)32-17-26)15-5-8-27-18-31-21-35(27)19-24-11-9-23(16-30)10-12-24/h3-4,6-7,9-14,17-18,21H,5,8,15,19-20H2,1-2H3,(H,33,37). The molecule has 0 saturated carbocycles. The van der Waals surface area contributed by atoms with Crippen molar-refractivity contribution in [1.29, 1.82) is 5.26 Å². The van der Waals surface area contributed by atoms with Crippen LogP contribution in [-0.4, -0.2) is 38.2 Å². The van der Waals surface area contributed by atoms with Crippen molar-refractivity contribution in [3.8, 4) is 11.9 Å². The molecular weight excluding hydrogens is 480 g/mol. The van der Waals surface area contributed by atoms with E-state index in [0.29, 0.717) is 23.1 Å². The highest BCUT2D eigenvalue weighted by atomic mass is 32.1. The fourth-order valence-corrected chi connectivity index (χ4v) is 4.33. The van der Waals surface area contributed by atoms with Gasteiger partial charge in [-0.05, 0) is 66.9 Å². The molecule has 8 heteroatoms. The van der Waals surface area contributed by atoms with Crippen LogP contribution in [0.15, 0.2) is 79.4 Å². The van der Waals surface area contributed by atoms with Gasteiger partial charge in [0.05, 0.1) is 37.0 Å². The Morgan fingerprint density at radius 2 is 1.92 bits per heavy atom. The van der Waals surface area contributed by atoms with E-state index in [1.54, 1.807) is 13.3 Å². The molecule has 2 heterocycles. The number of methoxy groups -OCH3 is 1. The van der Waals surface area contributed by atoms with Crippen LogP contribution in [0.4, 0.5) is 5.69 Å². The molecule has 0 bridgehead atoms. The van der Waals surface area contributed by atoms with Crippen molar-refractivity contribution in [3.63, 3.8) is 0 Å². The Labute approximate surface area is 223 Å². The third-order valence-electron chi connectivity index (χ3n) is 6.20. The van der Waals surface area contributed by atoms with E-state index >= 15 is 0 Å². The maximum Gasteiger partial charge on any atom is 0.213 e. The van der Waals surface area contributed by atoms with Gasteiger partial charge in [0.1, 0.15) is 0 Å². The number of hydrogen-bond donors (Lipinski definition) is 1. The number of thiocarbonyl (C=S) groups is 1. The SMILES string of the molecule is COc1ccc(NC(=S)N(CCCc2cncn2Cc2ccc(C#N)cc2)Cc2ccccc2C)cn1. The number of hydrogen-bond acceptors (Lipinski definition) is 5. The fourth-order valence-electron chi connectivity index (χ4n) is 4.05. The topological polar surface area (TPSA) is 79.0 Å². The summed E-state index contributed by atoms with van der Waals surface area (Å²) >= 11 is 5.82. The van der Waals surface area contributed by atoms with Crippen LogP contribution in [0.25, 0.3) is 0 Å². The summed E-state index contributed by atoms with van der Waals surface area (Å²) in [7, 11) is 1.60. The third-order valence-corrected chi connectivity index (χ3v) is 6.56. The Bertz CT molecular complexity index is 1360. The van der Waals surface area contributed by atoms with Gasteiger partial charge >= 0.3 is 0 Å². The van der Waals surface area contributed by atoms with Crippen LogP contribution in [0, 0.1) is 18.3 Å². The van der Waals surface area contributed by atoms with Crippen molar-refractivity contribution >= 4 is 23.0 Å². The van der Waals surface area contributed by atoms with Gasteiger partial charge in [0.15, 0.2) is 5.11 Å². The number of nitrogens with zero attached hydrogens (tertiary/aromatic N) is 5. The van der Waals surface area contributed by atoms with Crippen LogP contribution in [-0.2, 0) is 19.5 Å². The molecule has 0 fully saturated rings. The maximum atomic E-state index is 9.03. The minimum absolute atomic E-state index is 0.561. The number of aryl methyl sites for hydroxylation is 2. The second-order valence-corrected chi connectivity index (χ2v) is 9.18. The molecule has 37 heavy (non-hydrogen) atoms. The van der Waals surface area contributed by atoms with E-state index < -0.39 is 0 Å². The van der Waals surface area contributed by atoms with Gasteiger partial charge in [-0.1, -0.05) is 36.4 Å². The van der Waals surface area contributed by atoms with Gasteiger partial charge in [0, 0.05) is 37.6 Å². The molecule has 2 aromatic carbocycles. The normalized spacial score (nSPS) is 10.5. The number of anilines is 1. The highest BCUT2D eigenvalue weighted by Gasteiger charge is 2.13. The predicted molar refractivity (Wildman–Crippen MR) is 149 cm³/mol. The molecular formula is C29H30N6OS. The molecule has 7 nitrogen and oxygen atoms in total. The molecule has 0 aliphatic rings. The van der Waals surface area contributed by atoms with Gasteiger partial charge in [0.25, 0.3) is 0 Å². The highest BCUT2D eigenvalue weighted by molar-refractivity contribution is 7.80. The van der Waals surface area contributed by atoms with Crippen LogP contribution in [0.1, 0.15) is 34.4 Å². The Morgan fingerprint density at radius 3 is 2.62 bits per heavy atom. The van der Waals surface area contributed by atoms with Crippen LogP contribution >= 0.6 is 12.2 Å². The smallest absolute Gasteiger partial charge is 0.213 e. The van der Waals surface area contributed by atoms with Crippen molar-refractivity contribution in [2.75, 3.05) is 19.0 Å². The Balaban J connectivity index is 1.42. The maximum absolute atomic E-state index is 9.03. The summed E-state index contributed by atoms with van der Waals surface area (Å²) in [4.78, 5) is 10.8. The molecule has 0 aliphatic carbocycles. The quantitative estimate of drug-likeness (QED) is 0.288. The van der Waals surface area contributed by atoms with Gasteiger partial charge in [-0.3, -0.25) is 0 Å². The van der Waals surface area contributed by atoms with Gasteiger partial charge in [-0.25, -0.2) is 9.97 Å². The fraction of sp³-hybridized carbons (Fsp3) is 0.241. The third kappa shape index (κ3) is 7.15. The molecule has 2 aromatic heterocycles. The van der Waals surface area contributed by atoms with Gasteiger partial charge < -0.3 is 19.5 Å². The Hall–Kier alpha value is -4.22. The second kappa shape index (κ2) is 12.7. The van der Waals surface area contributed by atoms with Crippen molar-refractivity contribution in [3.05, 3.63) is 107 Å². The van der Waals surface area contributed by atoms with Crippen molar-refractivity contribution in [2.45, 2.75) is 32.9 Å². The molecule has 4 aromatic rings. The zero-order valence-corrected chi connectivity index (χ0v) is 21.9. The van der Waals surface area contributed by atoms with Gasteiger partial charge in [0.2, 0.25) is 5.88 Å². The monoisotopic (exact) mass is 510 g/mol. The Morgan fingerprint density at radius 1 is 1.11 bits per heavy atom. The average Bonchev–Trinajstić information content (AvgIpc) is 3.36.